The maximum atomic E-state index is 11.6. The number of hydrogen-bond acceptors (Lipinski definition) is 16. The van der Waals surface area contributed by atoms with Gasteiger partial charge in [0, 0.05) is 25.6 Å². The molecule has 0 bridgehead atoms. The van der Waals surface area contributed by atoms with Crippen molar-refractivity contribution < 1.29 is 19.0 Å². The van der Waals surface area contributed by atoms with E-state index in [9.17, 15) is 10.1 Å². The molecule has 0 spiro atoms. The molecule has 1 amide bonds. The minimum absolute atomic E-state index is 0.0466. The lowest BCUT2D eigenvalue weighted by Gasteiger charge is -2.31. The van der Waals surface area contributed by atoms with Gasteiger partial charge in [-0.25, -0.2) is 29.9 Å². The van der Waals surface area contributed by atoms with Crippen molar-refractivity contribution in [2.75, 3.05) is 32.8 Å². The number of carbonyl (C=O) groups excluding carboxylic acids is 1. The van der Waals surface area contributed by atoms with E-state index in [4.69, 9.17) is 43.1 Å². The van der Waals surface area contributed by atoms with Crippen molar-refractivity contribution in [2.45, 2.75) is 50.4 Å². The summed E-state index contributed by atoms with van der Waals surface area (Å²) >= 11 is 12.5. The van der Waals surface area contributed by atoms with E-state index in [-0.39, 0.29) is 36.2 Å². The predicted octanol–water partition coefficient (Wildman–Crippen LogP) is 6.24. The summed E-state index contributed by atoms with van der Waals surface area (Å²) in [6, 6.07) is 26.3. The molecule has 1 saturated carbocycles. The molecule has 3 aromatic carbocycles. The summed E-state index contributed by atoms with van der Waals surface area (Å²) < 4.78 is 22.6. The van der Waals surface area contributed by atoms with Crippen molar-refractivity contribution in [1.82, 2.24) is 68.8 Å². The zero-order valence-corrected chi connectivity index (χ0v) is 38.9. The number of nitrogens with one attached hydrogen (secondary N) is 1. The number of imidazole rings is 3. The number of hydrogen-bond donors (Lipinski definition) is 2. The van der Waals surface area contributed by atoms with Crippen LogP contribution in [-0.4, -0.2) is 120 Å². The van der Waals surface area contributed by atoms with E-state index in [2.05, 4.69) is 56.2 Å². The van der Waals surface area contributed by atoms with Gasteiger partial charge in [0.25, 0.3) is 0 Å². The van der Waals surface area contributed by atoms with Gasteiger partial charge < -0.3 is 30.2 Å². The van der Waals surface area contributed by atoms with Crippen LogP contribution in [0.1, 0.15) is 37.7 Å². The molecular formula is C48H44Cl2N16O4. The number of likely N-dealkylation sites (tertiary alicyclic amines) is 1. The van der Waals surface area contributed by atoms with Crippen LogP contribution in [0.15, 0.2) is 110 Å². The Morgan fingerprint density at radius 1 is 0.686 bits per heavy atom. The lowest BCUT2D eigenvalue weighted by atomic mass is 9.90. The number of nitrogens with zero attached hydrogens (tertiary/aromatic N) is 14. The Balaban J connectivity index is 0.000000122. The Hall–Kier alpha value is -7.83. The number of amides is 1. The predicted molar refractivity (Wildman–Crippen MR) is 260 cm³/mol. The van der Waals surface area contributed by atoms with Crippen LogP contribution >= 0.6 is 23.2 Å². The molecule has 3 N–H and O–H groups in total. The van der Waals surface area contributed by atoms with E-state index in [0.717, 1.165) is 78.4 Å². The number of aromatic nitrogens is 12. The van der Waals surface area contributed by atoms with Gasteiger partial charge in [-0.05, 0) is 68.6 Å². The summed E-state index contributed by atoms with van der Waals surface area (Å²) in [5.74, 6) is 1.73. The quantitative estimate of drug-likeness (QED) is 0.146. The van der Waals surface area contributed by atoms with Crippen LogP contribution in [0.4, 0.5) is 0 Å². The molecule has 20 nitrogen and oxygen atoms in total. The third-order valence-electron chi connectivity index (χ3n) is 11.8. The molecule has 12 rings (SSSR count). The van der Waals surface area contributed by atoms with Crippen LogP contribution in [0.5, 0.6) is 18.0 Å². The maximum absolute atomic E-state index is 11.6. The van der Waals surface area contributed by atoms with Crippen molar-refractivity contribution in [3.63, 3.8) is 0 Å². The molecule has 9 aromatic rings. The fourth-order valence-electron chi connectivity index (χ4n) is 8.13. The fraction of sp³-hybridized carbons (Fsp3) is 0.271. The molecule has 1 unspecified atom stereocenters. The maximum Gasteiger partial charge on any atom is 0.318 e. The molecule has 22 heteroatoms. The molecule has 1 atom stereocenters. The molecule has 354 valence electrons. The van der Waals surface area contributed by atoms with Gasteiger partial charge in [-0.1, -0.05) is 59.6 Å². The normalized spacial score (nSPS) is 17.4. The van der Waals surface area contributed by atoms with Gasteiger partial charge in [-0.15, -0.1) is 0 Å². The van der Waals surface area contributed by atoms with E-state index in [1.807, 2.05) is 77.4 Å². The standard InChI is InChI=1S/C17H16ClN5O2.C16H14N6O.C15H14ClN5O/c18-12-10-19-17(25-9-8-22-7-3-6-15(22)24)21-16(12)23-11-20-13-4-1-2-5-14(13)23;17-7-10-8-19-16(23-12-5-11(18)6-12)21-15(10)22-9-20-13-3-1-2-4-14(13)22;16-11-8-18-15(22-10-5-6-17-7-10)20-14(11)21-9-19-12-3-1-2-4-13(12)21/h1-2,4-5,10-11H,3,6-9H2;1-4,8-9,11-12H,5-6,18H2;1-4,8-10,17H,5-7H2. The SMILES string of the molecule is Clc1cnc(OC2CCNC2)nc1-n1cnc2ccccc21.N#Cc1cnc(OC2CC(N)C2)nc1-n1cnc2ccccc21.O=C1CCCN1CCOc1ncc(Cl)c(-n2cnc3ccccc32)n1. The molecule has 2 aliphatic heterocycles. The largest absolute Gasteiger partial charge is 0.462 e. The van der Waals surface area contributed by atoms with E-state index in [1.165, 1.54) is 12.4 Å². The van der Waals surface area contributed by atoms with E-state index in [1.54, 1.807) is 39.2 Å². The van der Waals surface area contributed by atoms with Gasteiger partial charge in [-0.3, -0.25) is 18.5 Å². The number of nitrogens with two attached hydrogens (primary N) is 1. The van der Waals surface area contributed by atoms with Gasteiger partial charge in [0.15, 0.2) is 17.5 Å². The lowest BCUT2D eigenvalue weighted by Crippen LogP contribution is -2.43. The van der Waals surface area contributed by atoms with Crippen molar-refractivity contribution >= 4 is 62.2 Å². The van der Waals surface area contributed by atoms with Crippen LogP contribution < -0.4 is 25.3 Å². The molecule has 3 aliphatic rings. The molecule has 70 heavy (non-hydrogen) atoms. The average molecular weight is 980 g/mol. The van der Waals surface area contributed by atoms with Gasteiger partial charge in [0.2, 0.25) is 5.91 Å². The van der Waals surface area contributed by atoms with Crippen LogP contribution in [0, 0.1) is 11.3 Å². The highest BCUT2D eigenvalue weighted by atomic mass is 35.5. The first-order valence-corrected chi connectivity index (χ1v) is 23.3. The summed E-state index contributed by atoms with van der Waals surface area (Å²) in [6.45, 7) is 3.44. The number of nitriles is 1. The van der Waals surface area contributed by atoms with Crippen molar-refractivity contribution in [3.05, 3.63) is 126 Å². The first-order valence-electron chi connectivity index (χ1n) is 22.6. The second kappa shape index (κ2) is 20.8. The molecule has 3 fully saturated rings. The lowest BCUT2D eigenvalue weighted by molar-refractivity contribution is -0.128. The van der Waals surface area contributed by atoms with Crippen molar-refractivity contribution in [2.24, 2.45) is 5.73 Å². The first kappa shape index (κ1) is 45.9. The van der Waals surface area contributed by atoms with Crippen LogP contribution in [0.2, 0.25) is 10.0 Å². The topological polar surface area (TPSA) is 241 Å². The summed E-state index contributed by atoms with van der Waals surface area (Å²) in [7, 11) is 0. The molecule has 8 heterocycles. The summed E-state index contributed by atoms with van der Waals surface area (Å²) in [6.07, 6.45) is 13.8. The van der Waals surface area contributed by atoms with Crippen molar-refractivity contribution in [3.8, 4) is 41.6 Å². The van der Waals surface area contributed by atoms with Gasteiger partial charge in [0.1, 0.15) is 59.5 Å². The average Bonchev–Trinajstić information content (AvgIpc) is 4.25. The van der Waals surface area contributed by atoms with Crippen LogP contribution in [-0.2, 0) is 4.79 Å². The number of para-hydroxylation sites is 6. The van der Waals surface area contributed by atoms with E-state index < -0.39 is 0 Å². The second-order valence-electron chi connectivity index (χ2n) is 16.5. The molecule has 1 aliphatic carbocycles. The molecule has 2 saturated heterocycles. The highest BCUT2D eigenvalue weighted by Gasteiger charge is 2.29. The minimum Gasteiger partial charge on any atom is -0.462 e. The number of fused-ring (bicyclic) bond motifs is 3. The zero-order valence-electron chi connectivity index (χ0n) is 37.4. The fourth-order valence-corrected chi connectivity index (χ4v) is 8.49. The second-order valence-corrected chi connectivity index (χ2v) is 17.3. The van der Waals surface area contributed by atoms with E-state index >= 15 is 0 Å². The molecular weight excluding hydrogens is 936 g/mol. The Labute approximate surface area is 410 Å². The number of ether oxygens (including phenoxy) is 3. The zero-order chi connectivity index (χ0) is 48.0. The number of carbonyl (C=O) groups is 1. The van der Waals surface area contributed by atoms with Gasteiger partial charge in [-0.2, -0.15) is 20.2 Å². The Morgan fingerprint density at radius 2 is 1.20 bits per heavy atom. The number of rotatable bonds is 11. The first-order chi connectivity index (χ1) is 34.3. The highest BCUT2D eigenvalue weighted by molar-refractivity contribution is 6.32. The Morgan fingerprint density at radius 3 is 1.73 bits per heavy atom. The van der Waals surface area contributed by atoms with E-state index in [0.29, 0.717) is 58.6 Å². The summed E-state index contributed by atoms with van der Waals surface area (Å²) in [4.78, 5) is 52.1. The monoisotopic (exact) mass is 978 g/mol. The summed E-state index contributed by atoms with van der Waals surface area (Å²) in [5.41, 5.74) is 11.4. The van der Waals surface area contributed by atoms with Crippen LogP contribution in [0.3, 0.4) is 0 Å². The molecule has 0 radical (unpaired) electrons. The number of halogens is 2. The van der Waals surface area contributed by atoms with Gasteiger partial charge >= 0.3 is 18.0 Å². The third-order valence-corrected chi connectivity index (χ3v) is 12.3. The smallest absolute Gasteiger partial charge is 0.318 e. The number of benzene rings is 3. The summed E-state index contributed by atoms with van der Waals surface area (Å²) in [5, 5.41) is 13.4. The Bertz CT molecular complexity index is 3340. The highest BCUT2D eigenvalue weighted by Crippen LogP contribution is 2.28. The van der Waals surface area contributed by atoms with Crippen LogP contribution in [0.25, 0.3) is 50.6 Å². The van der Waals surface area contributed by atoms with Gasteiger partial charge in [0.05, 0.1) is 58.2 Å². The van der Waals surface area contributed by atoms with Crippen molar-refractivity contribution in [1.29, 1.82) is 5.26 Å². The minimum atomic E-state index is 0.0466. The molecule has 6 aromatic heterocycles. The Kier molecular flexibility index (Phi) is 13.7. The third kappa shape index (κ3) is 10.1.